The molecule has 0 saturated carbocycles. The van der Waals surface area contributed by atoms with E-state index >= 15 is 0 Å². The second kappa shape index (κ2) is 66.7. The maximum atomic E-state index is 13.0. The Labute approximate surface area is 556 Å². The van der Waals surface area contributed by atoms with Crippen LogP contribution in [0.3, 0.4) is 0 Å². The molecule has 0 amide bonds. The minimum Gasteiger partial charge on any atom is -0.462 e. The fourth-order valence-corrected chi connectivity index (χ4v) is 12.6. The van der Waals surface area contributed by atoms with Crippen LogP contribution in [-0.2, 0) is 65.4 Å². The third kappa shape index (κ3) is 66.5. The summed E-state index contributed by atoms with van der Waals surface area (Å²) >= 11 is 0. The van der Waals surface area contributed by atoms with Crippen LogP contribution in [0.5, 0.6) is 0 Å². The Morgan fingerprint density at radius 2 is 0.440 bits per heavy atom. The molecule has 5 atom stereocenters. The number of hydrogen-bond acceptors (Lipinski definition) is 15. The van der Waals surface area contributed by atoms with Crippen molar-refractivity contribution in [3.63, 3.8) is 0 Å². The molecule has 0 aliphatic carbocycles. The third-order valence-corrected chi connectivity index (χ3v) is 18.8. The van der Waals surface area contributed by atoms with Crippen molar-refractivity contribution in [1.82, 2.24) is 0 Å². The maximum Gasteiger partial charge on any atom is 0.472 e. The normalized spacial score (nSPS) is 14.0. The summed E-state index contributed by atoms with van der Waals surface area (Å²) < 4.78 is 68.4. The molecule has 0 rings (SSSR count). The van der Waals surface area contributed by atoms with Gasteiger partial charge in [0.15, 0.2) is 12.2 Å². The molecule has 0 aromatic heterocycles. The molecule has 91 heavy (non-hydrogen) atoms. The van der Waals surface area contributed by atoms with Gasteiger partial charge in [0.25, 0.3) is 0 Å². The van der Waals surface area contributed by atoms with Gasteiger partial charge in [-0.1, -0.05) is 329 Å². The lowest BCUT2D eigenvalue weighted by molar-refractivity contribution is -0.161. The molecule has 0 bridgehead atoms. The lowest BCUT2D eigenvalue weighted by atomic mass is 10.0. The fraction of sp³-hybridized carbons (Fsp3) is 0.944. The van der Waals surface area contributed by atoms with Gasteiger partial charge in [-0.3, -0.25) is 37.3 Å². The average molecular weight is 1340 g/mol. The Bertz CT molecular complexity index is 1740. The van der Waals surface area contributed by atoms with Gasteiger partial charge in [-0.25, -0.2) is 9.13 Å². The number of carbonyl (C=O) groups is 4. The number of phosphoric ester groups is 2. The lowest BCUT2D eigenvalue weighted by Crippen LogP contribution is -2.30. The van der Waals surface area contributed by atoms with Gasteiger partial charge in [-0.2, -0.15) is 0 Å². The zero-order chi connectivity index (χ0) is 66.8. The standard InChI is InChI=1S/C72H140O17P2/c1-5-9-13-17-21-25-29-32-33-35-38-41-45-49-53-57-70(75)83-63-68(89-72(77)59-55-51-47-43-39-34-30-26-22-18-14-10-6-2)65-87-91(80,81)85-61-66(73)60-84-90(78,79)86-64-67(62-82-69(74)56-52-48-44-40-36-28-24-20-16-12-8-4)88-71(76)58-54-50-46-42-37-31-27-23-19-15-11-7-3/h66-68,73H,5-65H2,1-4H3,(H,78,79)(H,80,81)/t66-,67+,68+/m0/s1. The van der Waals surface area contributed by atoms with Crippen LogP contribution in [0.25, 0.3) is 0 Å². The van der Waals surface area contributed by atoms with E-state index in [1.54, 1.807) is 0 Å². The van der Waals surface area contributed by atoms with Crippen LogP contribution in [0.2, 0.25) is 0 Å². The second-order valence-corrected chi connectivity index (χ2v) is 28.9. The van der Waals surface area contributed by atoms with Gasteiger partial charge in [0.2, 0.25) is 0 Å². The number of ether oxygens (including phenoxy) is 4. The zero-order valence-electron chi connectivity index (χ0n) is 58.8. The van der Waals surface area contributed by atoms with E-state index in [0.29, 0.717) is 25.7 Å². The first-order valence-corrected chi connectivity index (χ1v) is 40.8. The molecule has 0 radical (unpaired) electrons. The highest BCUT2D eigenvalue weighted by Gasteiger charge is 2.30. The molecule has 0 aliphatic rings. The number of carbonyl (C=O) groups excluding carboxylic acids is 4. The molecule has 0 heterocycles. The van der Waals surface area contributed by atoms with E-state index in [0.717, 1.165) is 89.9 Å². The van der Waals surface area contributed by atoms with E-state index in [4.69, 9.17) is 37.0 Å². The first kappa shape index (κ1) is 89.1. The molecule has 2 unspecified atom stereocenters. The number of aliphatic hydroxyl groups is 1. The van der Waals surface area contributed by atoms with Crippen molar-refractivity contribution in [3.8, 4) is 0 Å². The summed E-state index contributed by atoms with van der Waals surface area (Å²) in [5, 5.41) is 10.6. The molecule has 0 aliphatic heterocycles. The van der Waals surface area contributed by atoms with Gasteiger partial charge in [0, 0.05) is 25.7 Å². The lowest BCUT2D eigenvalue weighted by Gasteiger charge is -2.21. The molecule has 0 aromatic carbocycles. The van der Waals surface area contributed by atoms with E-state index in [9.17, 15) is 43.2 Å². The number of aliphatic hydroxyl groups excluding tert-OH is 1. The molecule has 19 heteroatoms. The van der Waals surface area contributed by atoms with Crippen LogP contribution in [0.4, 0.5) is 0 Å². The van der Waals surface area contributed by atoms with E-state index < -0.39 is 97.5 Å². The first-order valence-electron chi connectivity index (χ1n) is 37.8. The van der Waals surface area contributed by atoms with Crippen LogP contribution in [0, 0.1) is 0 Å². The fourth-order valence-electron chi connectivity index (χ4n) is 11.0. The van der Waals surface area contributed by atoms with E-state index in [1.807, 2.05) is 0 Å². The summed E-state index contributed by atoms with van der Waals surface area (Å²) in [6.45, 7) is 4.97. The van der Waals surface area contributed by atoms with Gasteiger partial charge in [-0.15, -0.1) is 0 Å². The van der Waals surface area contributed by atoms with Crippen molar-refractivity contribution in [2.24, 2.45) is 0 Å². The van der Waals surface area contributed by atoms with Crippen LogP contribution >= 0.6 is 15.6 Å². The minimum atomic E-state index is -4.95. The van der Waals surface area contributed by atoms with E-state index in [2.05, 4.69) is 27.7 Å². The highest BCUT2D eigenvalue weighted by atomic mass is 31.2. The van der Waals surface area contributed by atoms with Crippen molar-refractivity contribution >= 4 is 39.5 Å². The number of rotatable bonds is 73. The summed E-state index contributed by atoms with van der Waals surface area (Å²) in [7, 11) is -9.90. The largest absolute Gasteiger partial charge is 0.472 e. The van der Waals surface area contributed by atoms with Crippen molar-refractivity contribution in [3.05, 3.63) is 0 Å². The number of unbranched alkanes of at least 4 members (excludes halogenated alkanes) is 47. The number of esters is 4. The van der Waals surface area contributed by atoms with Crippen LogP contribution in [0.15, 0.2) is 0 Å². The third-order valence-electron chi connectivity index (χ3n) is 16.9. The quantitative estimate of drug-likeness (QED) is 0.0222. The summed E-state index contributed by atoms with van der Waals surface area (Å²) in [6.07, 6.45) is 55.2. The summed E-state index contributed by atoms with van der Waals surface area (Å²) in [5.74, 6) is -2.11. The van der Waals surface area contributed by atoms with Gasteiger partial charge < -0.3 is 33.8 Å². The minimum absolute atomic E-state index is 0.108. The van der Waals surface area contributed by atoms with E-state index in [-0.39, 0.29) is 25.7 Å². The van der Waals surface area contributed by atoms with E-state index in [1.165, 1.54) is 212 Å². The van der Waals surface area contributed by atoms with Crippen molar-refractivity contribution in [2.75, 3.05) is 39.6 Å². The SMILES string of the molecule is CCCCCCCCCCCCCCCCCC(=O)OC[C@H](COP(=O)(O)OC[C@@H](O)COP(=O)(O)OC[C@@H](COC(=O)CCCCCCCCCCCCC)OC(=O)CCCCCCCCCCCCCC)OC(=O)CCCCCCCCCCCCCCC. The van der Waals surface area contributed by atoms with Gasteiger partial charge >= 0.3 is 39.5 Å². The second-order valence-electron chi connectivity index (χ2n) is 26.0. The summed E-state index contributed by atoms with van der Waals surface area (Å²) in [4.78, 5) is 72.6. The Morgan fingerprint density at radius 3 is 0.648 bits per heavy atom. The molecule has 0 fully saturated rings. The molecule has 0 spiro atoms. The van der Waals surface area contributed by atoms with Crippen molar-refractivity contribution in [2.45, 2.75) is 399 Å². The molecule has 0 aromatic rings. The summed E-state index contributed by atoms with van der Waals surface area (Å²) in [6, 6.07) is 0. The van der Waals surface area contributed by atoms with Gasteiger partial charge in [-0.05, 0) is 25.7 Å². The maximum absolute atomic E-state index is 13.0. The van der Waals surface area contributed by atoms with Crippen LogP contribution < -0.4 is 0 Å². The average Bonchev–Trinajstić information content (AvgIpc) is 3.48. The molecule has 3 N–H and O–H groups in total. The smallest absolute Gasteiger partial charge is 0.462 e. The predicted molar refractivity (Wildman–Crippen MR) is 368 cm³/mol. The predicted octanol–water partition coefficient (Wildman–Crippen LogP) is 21.1. The molecule has 0 saturated heterocycles. The Morgan fingerprint density at radius 1 is 0.264 bits per heavy atom. The van der Waals surface area contributed by atoms with Crippen LogP contribution in [0.1, 0.15) is 381 Å². The van der Waals surface area contributed by atoms with Gasteiger partial charge in [0.05, 0.1) is 26.4 Å². The van der Waals surface area contributed by atoms with Crippen molar-refractivity contribution in [1.29, 1.82) is 0 Å². The molecular formula is C72H140O17P2. The number of phosphoric acid groups is 2. The first-order chi connectivity index (χ1) is 44.2. The molecule has 17 nitrogen and oxygen atoms in total. The Hall–Kier alpha value is -1.94. The van der Waals surface area contributed by atoms with Crippen molar-refractivity contribution < 1.29 is 80.2 Å². The Balaban J connectivity index is 5.24. The topological polar surface area (TPSA) is 237 Å². The number of hydrogen-bond donors (Lipinski definition) is 3. The monoisotopic (exact) mass is 1340 g/mol. The summed E-state index contributed by atoms with van der Waals surface area (Å²) in [5.41, 5.74) is 0. The highest BCUT2D eigenvalue weighted by molar-refractivity contribution is 7.47. The molecule has 540 valence electrons. The van der Waals surface area contributed by atoms with Crippen LogP contribution in [-0.4, -0.2) is 96.7 Å². The highest BCUT2D eigenvalue weighted by Crippen LogP contribution is 2.45. The Kier molecular flexibility index (Phi) is 65.2. The zero-order valence-corrected chi connectivity index (χ0v) is 60.6. The van der Waals surface area contributed by atoms with Gasteiger partial charge in [0.1, 0.15) is 19.3 Å². The molecular weight excluding hydrogens is 1200 g/mol.